The first-order chi connectivity index (χ1) is 12.7. The number of hydrogen-bond acceptors (Lipinski definition) is 3. The molecule has 3 rings (SSSR count). The lowest BCUT2D eigenvalue weighted by molar-refractivity contribution is 0.412. The Hall–Kier alpha value is -2.72. The highest BCUT2D eigenvalue weighted by atomic mass is 19.1. The molecule has 0 aliphatic carbocycles. The van der Waals surface area contributed by atoms with Crippen LogP contribution in [0, 0.1) is 12.7 Å². The van der Waals surface area contributed by atoms with E-state index in [1.165, 1.54) is 12.1 Å². The summed E-state index contributed by atoms with van der Waals surface area (Å²) in [6.45, 7) is 8.70. The quantitative estimate of drug-likeness (QED) is 0.646. The number of nitrogens with one attached hydrogen (secondary N) is 1. The van der Waals surface area contributed by atoms with E-state index >= 15 is 0 Å². The molecular weight excluding hydrogens is 339 g/mol. The molecule has 0 aliphatic rings. The predicted octanol–water partition coefficient (Wildman–Crippen LogP) is 5.46. The summed E-state index contributed by atoms with van der Waals surface area (Å²) in [7, 11) is 0. The van der Waals surface area contributed by atoms with Crippen molar-refractivity contribution in [1.82, 2.24) is 10.3 Å². The van der Waals surface area contributed by atoms with Gasteiger partial charge in [0.15, 0.2) is 0 Å². The first-order valence-electron chi connectivity index (χ1n) is 9.03. The first kappa shape index (κ1) is 19.1. The van der Waals surface area contributed by atoms with Gasteiger partial charge in [-0.3, -0.25) is 4.98 Å². The Kier molecular flexibility index (Phi) is 5.29. The number of aryl methyl sites for hydroxylation is 1. The van der Waals surface area contributed by atoms with E-state index in [0.717, 1.165) is 33.5 Å². The van der Waals surface area contributed by atoms with Crippen LogP contribution in [0.4, 0.5) is 4.39 Å². The SMILES string of the molecule is Cc1ccc(-c2cc(-c3ccc(F)cc3)cc(CNC(C)(C)C)c2O)cn1. The minimum absolute atomic E-state index is 0.0795. The molecule has 0 radical (unpaired) electrons. The number of halogens is 1. The van der Waals surface area contributed by atoms with E-state index in [4.69, 9.17) is 0 Å². The average molecular weight is 364 g/mol. The minimum Gasteiger partial charge on any atom is -0.507 e. The van der Waals surface area contributed by atoms with Gasteiger partial charge in [0, 0.05) is 40.7 Å². The summed E-state index contributed by atoms with van der Waals surface area (Å²) in [4.78, 5) is 4.35. The lowest BCUT2D eigenvalue weighted by Gasteiger charge is -2.22. The van der Waals surface area contributed by atoms with Gasteiger partial charge in [0.05, 0.1) is 0 Å². The van der Waals surface area contributed by atoms with Crippen LogP contribution in [0.1, 0.15) is 32.0 Å². The van der Waals surface area contributed by atoms with Crippen LogP contribution in [0.2, 0.25) is 0 Å². The number of phenols is 1. The fourth-order valence-corrected chi connectivity index (χ4v) is 2.85. The monoisotopic (exact) mass is 364 g/mol. The summed E-state index contributed by atoms with van der Waals surface area (Å²) in [5, 5.41) is 14.3. The molecule has 3 aromatic rings. The number of pyridine rings is 1. The van der Waals surface area contributed by atoms with Gasteiger partial charge >= 0.3 is 0 Å². The number of hydrogen-bond donors (Lipinski definition) is 2. The number of aromatic nitrogens is 1. The van der Waals surface area contributed by atoms with Crippen LogP contribution < -0.4 is 5.32 Å². The Morgan fingerprint density at radius 2 is 1.63 bits per heavy atom. The van der Waals surface area contributed by atoms with Crippen molar-refractivity contribution in [3.05, 3.63) is 71.8 Å². The van der Waals surface area contributed by atoms with Crippen molar-refractivity contribution in [2.75, 3.05) is 0 Å². The normalized spacial score (nSPS) is 11.6. The van der Waals surface area contributed by atoms with E-state index in [9.17, 15) is 9.50 Å². The lowest BCUT2D eigenvalue weighted by Crippen LogP contribution is -2.35. The molecule has 0 spiro atoms. The molecule has 0 bridgehead atoms. The molecule has 27 heavy (non-hydrogen) atoms. The standard InChI is InChI=1S/C23H25FN2O/c1-15-5-6-17(13-25-15)21-12-18(16-7-9-20(24)10-8-16)11-19(22(21)27)14-26-23(2,3)4/h5-13,26-27H,14H2,1-4H3. The number of phenolic OH excluding ortho intramolecular Hbond substituents is 1. The summed E-state index contributed by atoms with van der Waals surface area (Å²) >= 11 is 0. The molecule has 0 atom stereocenters. The third-order valence-corrected chi connectivity index (χ3v) is 4.40. The molecule has 3 nitrogen and oxygen atoms in total. The molecule has 2 aromatic carbocycles. The average Bonchev–Trinajstić information content (AvgIpc) is 2.62. The summed E-state index contributed by atoms with van der Waals surface area (Å²) in [6.07, 6.45) is 1.76. The van der Waals surface area contributed by atoms with Gasteiger partial charge in [-0.05, 0) is 69.2 Å². The van der Waals surface area contributed by atoms with E-state index in [2.05, 4.69) is 31.1 Å². The Morgan fingerprint density at radius 1 is 0.963 bits per heavy atom. The molecule has 0 saturated heterocycles. The first-order valence-corrected chi connectivity index (χ1v) is 9.03. The van der Waals surface area contributed by atoms with Crippen LogP contribution in [0.3, 0.4) is 0 Å². The van der Waals surface area contributed by atoms with E-state index in [0.29, 0.717) is 6.54 Å². The third kappa shape index (κ3) is 4.72. The van der Waals surface area contributed by atoms with Crippen molar-refractivity contribution in [2.24, 2.45) is 0 Å². The van der Waals surface area contributed by atoms with Gasteiger partial charge in [0.1, 0.15) is 11.6 Å². The van der Waals surface area contributed by atoms with Gasteiger partial charge < -0.3 is 10.4 Å². The fraction of sp³-hybridized carbons (Fsp3) is 0.261. The molecule has 0 aliphatic heterocycles. The summed E-state index contributed by atoms with van der Waals surface area (Å²) in [5.41, 5.74) is 5.02. The molecule has 4 heteroatoms. The third-order valence-electron chi connectivity index (χ3n) is 4.40. The topological polar surface area (TPSA) is 45.1 Å². The van der Waals surface area contributed by atoms with E-state index < -0.39 is 0 Å². The van der Waals surface area contributed by atoms with Crippen LogP contribution >= 0.6 is 0 Å². The van der Waals surface area contributed by atoms with Crippen LogP contribution in [0.5, 0.6) is 5.75 Å². The zero-order valence-corrected chi connectivity index (χ0v) is 16.2. The smallest absolute Gasteiger partial charge is 0.127 e. The van der Waals surface area contributed by atoms with Crippen LogP contribution in [-0.2, 0) is 6.54 Å². The number of benzene rings is 2. The second kappa shape index (κ2) is 7.49. The van der Waals surface area contributed by atoms with E-state index in [1.54, 1.807) is 18.3 Å². The van der Waals surface area contributed by atoms with Gasteiger partial charge in [0.2, 0.25) is 0 Å². The number of rotatable bonds is 4. The Balaban J connectivity index is 2.11. The van der Waals surface area contributed by atoms with E-state index in [1.807, 2.05) is 31.2 Å². The van der Waals surface area contributed by atoms with Gasteiger partial charge in [0.25, 0.3) is 0 Å². The molecule has 0 fully saturated rings. The van der Waals surface area contributed by atoms with Crippen molar-refractivity contribution in [2.45, 2.75) is 39.8 Å². The van der Waals surface area contributed by atoms with Crippen molar-refractivity contribution >= 4 is 0 Å². The largest absolute Gasteiger partial charge is 0.507 e. The zero-order chi connectivity index (χ0) is 19.6. The molecule has 0 amide bonds. The van der Waals surface area contributed by atoms with Gasteiger partial charge in [-0.2, -0.15) is 0 Å². The summed E-state index contributed by atoms with van der Waals surface area (Å²) in [5.74, 6) is -0.0293. The highest BCUT2D eigenvalue weighted by Gasteiger charge is 2.16. The Morgan fingerprint density at radius 3 is 2.22 bits per heavy atom. The highest BCUT2D eigenvalue weighted by molar-refractivity contribution is 5.79. The second-order valence-electron chi connectivity index (χ2n) is 7.83. The molecule has 0 unspecified atom stereocenters. The molecule has 0 saturated carbocycles. The number of nitrogens with zero attached hydrogens (tertiary/aromatic N) is 1. The van der Waals surface area contributed by atoms with E-state index in [-0.39, 0.29) is 17.1 Å². The zero-order valence-electron chi connectivity index (χ0n) is 16.2. The Labute approximate surface area is 159 Å². The minimum atomic E-state index is -0.268. The molecule has 2 N–H and O–H groups in total. The van der Waals surface area contributed by atoms with Crippen LogP contribution in [0.25, 0.3) is 22.3 Å². The molecular formula is C23H25FN2O. The maximum absolute atomic E-state index is 13.3. The Bertz CT molecular complexity index is 926. The summed E-state index contributed by atoms with van der Waals surface area (Å²) in [6, 6.07) is 14.1. The molecule has 140 valence electrons. The lowest BCUT2D eigenvalue weighted by atomic mass is 9.95. The maximum atomic E-state index is 13.3. The fourth-order valence-electron chi connectivity index (χ4n) is 2.85. The predicted molar refractivity (Wildman–Crippen MR) is 108 cm³/mol. The summed E-state index contributed by atoms with van der Waals surface area (Å²) < 4.78 is 13.3. The molecule has 1 heterocycles. The van der Waals surface area contributed by atoms with Gasteiger partial charge in [-0.25, -0.2) is 4.39 Å². The van der Waals surface area contributed by atoms with Crippen molar-refractivity contribution in [3.8, 4) is 28.0 Å². The van der Waals surface area contributed by atoms with Crippen molar-refractivity contribution in [1.29, 1.82) is 0 Å². The van der Waals surface area contributed by atoms with Crippen molar-refractivity contribution in [3.63, 3.8) is 0 Å². The molecule has 1 aromatic heterocycles. The maximum Gasteiger partial charge on any atom is 0.127 e. The number of aromatic hydroxyl groups is 1. The van der Waals surface area contributed by atoms with Gasteiger partial charge in [-0.15, -0.1) is 0 Å². The van der Waals surface area contributed by atoms with Gasteiger partial charge in [-0.1, -0.05) is 18.2 Å². The second-order valence-corrected chi connectivity index (χ2v) is 7.83. The van der Waals surface area contributed by atoms with Crippen molar-refractivity contribution < 1.29 is 9.50 Å². The van der Waals surface area contributed by atoms with Crippen LogP contribution in [-0.4, -0.2) is 15.6 Å². The van der Waals surface area contributed by atoms with Crippen LogP contribution in [0.15, 0.2) is 54.7 Å². The highest BCUT2D eigenvalue weighted by Crippen LogP contribution is 2.37.